The summed E-state index contributed by atoms with van der Waals surface area (Å²) in [5.74, 6) is 0.885. The predicted octanol–water partition coefficient (Wildman–Crippen LogP) is 5.75. The van der Waals surface area contributed by atoms with Crippen molar-refractivity contribution in [3.8, 4) is 17.1 Å². The van der Waals surface area contributed by atoms with Gasteiger partial charge in [-0.1, -0.05) is 43.1 Å². The Balaban J connectivity index is 2.08. The van der Waals surface area contributed by atoms with Crippen molar-refractivity contribution >= 4 is 34.1 Å². The summed E-state index contributed by atoms with van der Waals surface area (Å²) in [5, 5.41) is 1.79. The molecule has 0 N–H and O–H groups in total. The number of aromatic nitrogens is 2. The molecule has 4 nitrogen and oxygen atoms in total. The molecule has 0 saturated carbocycles. The zero-order valence-corrected chi connectivity index (χ0v) is 16.4. The molecule has 3 rings (SSSR count). The fourth-order valence-electron chi connectivity index (χ4n) is 2.59. The Morgan fingerprint density at radius 3 is 2.54 bits per heavy atom. The molecule has 0 aliphatic carbocycles. The predicted molar refractivity (Wildman–Crippen MR) is 106 cm³/mol. The lowest BCUT2D eigenvalue weighted by Crippen LogP contribution is -2.04. The van der Waals surface area contributed by atoms with Crippen LogP contribution in [0.5, 0.6) is 5.75 Å². The van der Waals surface area contributed by atoms with E-state index in [-0.39, 0.29) is 0 Å². The summed E-state index contributed by atoms with van der Waals surface area (Å²) in [7, 11) is 1.62. The van der Waals surface area contributed by atoms with Gasteiger partial charge in [-0.15, -0.1) is 0 Å². The molecule has 0 aliphatic rings. The molecule has 0 spiro atoms. The van der Waals surface area contributed by atoms with Crippen LogP contribution in [-0.2, 0) is 4.74 Å². The molecule has 2 aromatic heterocycles. The smallest absolute Gasteiger partial charge is 0.140 e. The number of halogens is 2. The molecule has 3 aromatic rings. The molecule has 26 heavy (non-hydrogen) atoms. The number of pyridine rings is 2. The average molecular weight is 391 g/mol. The number of hydrogen-bond donors (Lipinski definition) is 0. The SMILES string of the molecule is COCCOc1ccc2c(Cl)cc(-c3cccc(C(C)C)n3)nc2c1Cl. The topological polar surface area (TPSA) is 44.2 Å². The van der Waals surface area contributed by atoms with Gasteiger partial charge in [0.05, 0.1) is 28.5 Å². The molecule has 6 heteroatoms. The van der Waals surface area contributed by atoms with Gasteiger partial charge in [0.15, 0.2) is 0 Å². The van der Waals surface area contributed by atoms with Crippen LogP contribution in [0, 0.1) is 0 Å². The number of nitrogens with zero attached hydrogens (tertiary/aromatic N) is 2. The number of methoxy groups -OCH3 is 1. The van der Waals surface area contributed by atoms with Gasteiger partial charge in [0.25, 0.3) is 0 Å². The monoisotopic (exact) mass is 390 g/mol. The third kappa shape index (κ3) is 3.93. The molecule has 136 valence electrons. The van der Waals surface area contributed by atoms with E-state index in [4.69, 9.17) is 42.6 Å². The Morgan fingerprint density at radius 2 is 1.81 bits per heavy atom. The third-order valence-electron chi connectivity index (χ3n) is 4.00. The molecule has 0 amide bonds. The first-order chi connectivity index (χ1) is 12.5. The van der Waals surface area contributed by atoms with Crippen LogP contribution in [-0.4, -0.2) is 30.3 Å². The molecule has 1 aromatic carbocycles. The summed E-state index contributed by atoms with van der Waals surface area (Å²) in [4.78, 5) is 9.40. The van der Waals surface area contributed by atoms with Gasteiger partial charge in [-0.25, -0.2) is 4.98 Å². The maximum Gasteiger partial charge on any atom is 0.140 e. The highest BCUT2D eigenvalue weighted by atomic mass is 35.5. The molecule has 0 bridgehead atoms. The van der Waals surface area contributed by atoms with Crippen molar-refractivity contribution in [1.29, 1.82) is 0 Å². The first-order valence-electron chi connectivity index (χ1n) is 8.39. The second kappa shape index (κ2) is 8.21. The van der Waals surface area contributed by atoms with Gasteiger partial charge in [0.2, 0.25) is 0 Å². The highest BCUT2D eigenvalue weighted by Gasteiger charge is 2.14. The van der Waals surface area contributed by atoms with Crippen LogP contribution >= 0.6 is 23.2 Å². The van der Waals surface area contributed by atoms with Gasteiger partial charge in [0, 0.05) is 18.2 Å². The maximum absolute atomic E-state index is 6.53. The van der Waals surface area contributed by atoms with E-state index in [1.165, 1.54) is 0 Å². The standard InChI is InChI=1S/C20H20Cl2N2O2/c1-12(2)15-5-4-6-16(23-15)17-11-14(21)13-7-8-18(26-10-9-25-3)19(22)20(13)24-17/h4-8,11-12H,9-10H2,1-3H3. The number of fused-ring (bicyclic) bond motifs is 1. The molecule has 0 unspecified atom stereocenters. The minimum atomic E-state index is 0.329. The van der Waals surface area contributed by atoms with E-state index in [1.54, 1.807) is 13.2 Å². The number of rotatable bonds is 6. The summed E-state index contributed by atoms with van der Waals surface area (Å²) in [5.41, 5.74) is 3.05. The average Bonchev–Trinajstić information content (AvgIpc) is 2.64. The molecule has 0 aliphatic heterocycles. The van der Waals surface area contributed by atoms with Crippen LogP contribution in [0.25, 0.3) is 22.3 Å². The van der Waals surface area contributed by atoms with Crippen molar-refractivity contribution in [2.24, 2.45) is 0 Å². The zero-order valence-electron chi connectivity index (χ0n) is 14.9. The molecule has 0 atom stereocenters. The molecule has 0 saturated heterocycles. The lowest BCUT2D eigenvalue weighted by Gasteiger charge is -2.12. The fraction of sp³-hybridized carbons (Fsp3) is 0.300. The number of ether oxygens (including phenoxy) is 2. The van der Waals surface area contributed by atoms with Crippen LogP contribution in [0.2, 0.25) is 10.0 Å². The highest BCUT2D eigenvalue weighted by molar-refractivity contribution is 6.40. The van der Waals surface area contributed by atoms with Crippen LogP contribution in [0.4, 0.5) is 0 Å². The van der Waals surface area contributed by atoms with Gasteiger partial charge in [-0.2, -0.15) is 0 Å². The first kappa shape index (κ1) is 18.9. The van der Waals surface area contributed by atoms with E-state index >= 15 is 0 Å². The van der Waals surface area contributed by atoms with E-state index in [9.17, 15) is 0 Å². The normalized spacial score (nSPS) is 11.3. The Bertz CT molecular complexity index is 929. The van der Waals surface area contributed by atoms with E-state index in [0.717, 1.165) is 16.8 Å². The maximum atomic E-state index is 6.53. The quantitative estimate of drug-likeness (QED) is 0.502. The number of hydrogen-bond acceptors (Lipinski definition) is 4. The summed E-state index contributed by atoms with van der Waals surface area (Å²) in [6.45, 7) is 5.10. The first-order valence-corrected chi connectivity index (χ1v) is 9.14. The van der Waals surface area contributed by atoms with Crippen LogP contribution < -0.4 is 4.74 Å². The van der Waals surface area contributed by atoms with Gasteiger partial charge in [-0.05, 0) is 36.2 Å². The van der Waals surface area contributed by atoms with E-state index < -0.39 is 0 Å². The Morgan fingerprint density at radius 1 is 1.00 bits per heavy atom. The Kier molecular flexibility index (Phi) is 5.97. The molecular formula is C20H20Cl2N2O2. The summed E-state index contributed by atoms with van der Waals surface area (Å²) < 4.78 is 10.7. The Labute approximate surface area is 163 Å². The highest BCUT2D eigenvalue weighted by Crippen LogP contribution is 2.36. The lowest BCUT2D eigenvalue weighted by molar-refractivity contribution is 0.146. The van der Waals surface area contributed by atoms with Gasteiger partial charge >= 0.3 is 0 Å². The van der Waals surface area contributed by atoms with Crippen molar-refractivity contribution in [2.75, 3.05) is 20.3 Å². The van der Waals surface area contributed by atoms with Crippen LogP contribution in [0.3, 0.4) is 0 Å². The Hall–Kier alpha value is -1.88. The van der Waals surface area contributed by atoms with E-state index in [2.05, 4.69) is 13.8 Å². The largest absolute Gasteiger partial charge is 0.490 e. The van der Waals surface area contributed by atoms with Gasteiger partial charge in [-0.3, -0.25) is 4.98 Å². The van der Waals surface area contributed by atoms with Crippen molar-refractivity contribution in [3.05, 3.63) is 52.1 Å². The zero-order chi connectivity index (χ0) is 18.7. The lowest BCUT2D eigenvalue weighted by atomic mass is 10.1. The van der Waals surface area contributed by atoms with Crippen LogP contribution in [0.1, 0.15) is 25.5 Å². The molecular weight excluding hydrogens is 371 g/mol. The summed E-state index contributed by atoms with van der Waals surface area (Å²) in [6, 6.07) is 11.4. The number of benzene rings is 1. The minimum Gasteiger partial charge on any atom is -0.490 e. The third-order valence-corrected chi connectivity index (χ3v) is 4.68. The minimum absolute atomic E-state index is 0.329. The second-order valence-corrected chi connectivity index (χ2v) is 6.99. The van der Waals surface area contributed by atoms with E-state index in [0.29, 0.717) is 46.1 Å². The molecule has 0 fully saturated rings. The van der Waals surface area contributed by atoms with Crippen molar-refractivity contribution < 1.29 is 9.47 Å². The van der Waals surface area contributed by atoms with Gasteiger partial charge in [0.1, 0.15) is 17.4 Å². The summed E-state index contributed by atoms with van der Waals surface area (Å²) in [6.07, 6.45) is 0. The van der Waals surface area contributed by atoms with Crippen molar-refractivity contribution in [2.45, 2.75) is 19.8 Å². The fourth-order valence-corrected chi connectivity index (χ4v) is 3.11. The second-order valence-electron chi connectivity index (χ2n) is 6.21. The van der Waals surface area contributed by atoms with E-state index in [1.807, 2.05) is 30.3 Å². The summed E-state index contributed by atoms with van der Waals surface area (Å²) >= 11 is 13.0. The molecule has 0 radical (unpaired) electrons. The van der Waals surface area contributed by atoms with Crippen molar-refractivity contribution in [3.63, 3.8) is 0 Å². The van der Waals surface area contributed by atoms with Gasteiger partial charge < -0.3 is 9.47 Å². The van der Waals surface area contributed by atoms with Crippen molar-refractivity contribution in [1.82, 2.24) is 9.97 Å². The van der Waals surface area contributed by atoms with Crippen LogP contribution in [0.15, 0.2) is 36.4 Å². The molecule has 2 heterocycles.